The number of amides is 4. The third-order valence-corrected chi connectivity index (χ3v) is 10.3. The standard InChI is InChI=1S/C38H43F2N9O4/c39-25-7-12-30(40)28(23-25)32-5-4-17-48(32)33-15-18-49-36(44-33)29(24-42-49)37(52)41-16-3-1-2-6-35(51)47-21-19-46(20-22-47)27-10-8-26(9-11-27)43-31-13-14-34(50)45-38(31)53/h7-12,15,18,23-24,31-32,43H,1-6,13-14,16-17,19-22H2,(H,41,52)(H,45,50,53). The van der Waals surface area contributed by atoms with Crippen LogP contribution in [0, 0.1) is 11.6 Å². The van der Waals surface area contributed by atoms with Crippen LogP contribution in [0.4, 0.5) is 26.0 Å². The molecule has 2 atom stereocenters. The summed E-state index contributed by atoms with van der Waals surface area (Å²) in [5.41, 5.74) is 2.87. The minimum atomic E-state index is -0.489. The number of nitrogens with zero attached hydrogens (tertiary/aromatic N) is 6. The Labute approximate surface area is 305 Å². The largest absolute Gasteiger partial charge is 0.374 e. The number of unbranched alkanes of at least 4 members (excludes halogenated alkanes) is 2. The lowest BCUT2D eigenvalue weighted by atomic mass is 10.0. The Morgan fingerprint density at radius 2 is 1.74 bits per heavy atom. The molecule has 0 spiro atoms. The maximum Gasteiger partial charge on any atom is 0.256 e. The lowest BCUT2D eigenvalue weighted by Crippen LogP contribution is -2.48. The van der Waals surface area contributed by atoms with E-state index in [0.717, 1.165) is 55.9 Å². The number of hydrogen-bond donors (Lipinski definition) is 3. The highest BCUT2D eigenvalue weighted by Crippen LogP contribution is 2.37. The number of carbonyl (C=O) groups is 4. The lowest BCUT2D eigenvalue weighted by Gasteiger charge is -2.36. The summed E-state index contributed by atoms with van der Waals surface area (Å²) in [5, 5.41) is 12.8. The average Bonchev–Trinajstić information content (AvgIpc) is 3.83. The summed E-state index contributed by atoms with van der Waals surface area (Å²) < 4.78 is 30.1. The molecule has 2 aromatic carbocycles. The number of aromatic nitrogens is 3. The molecule has 3 fully saturated rings. The van der Waals surface area contributed by atoms with E-state index in [1.54, 1.807) is 12.3 Å². The van der Waals surface area contributed by atoms with Crippen molar-refractivity contribution in [1.29, 1.82) is 0 Å². The van der Waals surface area contributed by atoms with E-state index in [4.69, 9.17) is 4.98 Å². The maximum atomic E-state index is 14.6. The first-order valence-corrected chi connectivity index (χ1v) is 18.3. The van der Waals surface area contributed by atoms with Crippen LogP contribution in [-0.2, 0) is 14.4 Å². The third-order valence-electron chi connectivity index (χ3n) is 10.3. The van der Waals surface area contributed by atoms with Crippen LogP contribution < -0.4 is 25.8 Å². The molecule has 0 saturated carbocycles. The first-order valence-electron chi connectivity index (χ1n) is 18.3. The molecule has 0 radical (unpaired) electrons. The zero-order chi connectivity index (χ0) is 36.9. The molecule has 0 aliphatic carbocycles. The van der Waals surface area contributed by atoms with Gasteiger partial charge in [0.1, 0.15) is 29.1 Å². The van der Waals surface area contributed by atoms with Gasteiger partial charge < -0.3 is 25.3 Å². The van der Waals surface area contributed by atoms with Crippen molar-refractivity contribution >= 4 is 46.5 Å². The van der Waals surface area contributed by atoms with Gasteiger partial charge in [0.25, 0.3) is 5.91 Å². The van der Waals surface area contributed by atoms with Crippen molar-refractivity contribution in [3.8, 4) is 0 Å². The van der Waals surface area contributed by atoms with Crippen LogP contribution in [-0.4, -0.2) is 88.4 Å². The van der Waals surface area contributed by atoms with Gasteiger partial charge in [-0.1, -0.05) is 6.42 Å². The van der Waals surface area contributed by atoms with Gasteiger partial charge in [0.2, 0.25) is 17.7 Å². The summed E-state index contributed by atoms with van der Waals surface area (Å²) in [6.07, 6.45) is 8.12. The van der Waals surface area contributed by atoms with Crippen molar-refractivity contribution in [3.05, 3.63) is 83.7 Å². The van der Waals surface area contributed by atoms with Crippen LogP contribution in [0.15, 0.2) is 60.9 Å². The van der Waals surface area contributed by atoms with Crippen molar-refractivity contribution < 1.29 is 28.0 Å². The Bertz CT molecular complexity index is 1980. The average molecular weight is 728 g/mol. The number of anilines is 3. The molecule has 4 aromatic rings. The van der Waals surface area contributed by atoms with Crippen LogP contribution in [0.2, 0.25) is 0 Å². The first kappa shape index (κ1) is 35.8. The predicted octanol–water partition coefficient (Wildman–Crippen LogP) is 4.21. The molecule has 2 aromatic heterocycles. The van der Waals surface area contributed by atoms with Crippen molar-refractivity contribution in [1.82, 2.24) is 30.1 Å². The van der Waals surface area contributed by atoms with Gasteiger partial charge in [-0.05, 0) is 80.6 Å². The minimum absolute atomic E-state index is 0.131. The number of imide groups is 1. The van der Waals surface area contributed by atoms with E-state index in [2.05, 4.69) is 25.9 Å². The monoisotopic (exact) mass is 727 g/mol. The third kappa shape index (κ3) is 8.23. The molecular formula is C38H43F2N9O4. The van der Waals surface area contributed by atoms with Gasteiger partial charge in [-0.25, -0.2) is 18.3 Å². The van der Waals surface area contributed by atoms with Gasteiger partial charge in [-0.15, -0.1) is 0 Å². The molecule has 7 rings (SSSR count). The van der Waals surface area contributed by atoms with E-state index < -0.39 is 17.7 Å². The zero-order valence-corrected chi connectivity index (χ0v) is 29.4. The van der Waals surface area contributed by atoms with Crippen LogP contribution in [0.25, 0.3) is 5.65 Å². The normalized spacial score (nSPS) is 19.1. The highest BCUT2D eigenvalue weighted by molar-refractivity contribution is 6.01. The Morgan fingerprint density at radius 1 is 0.925 bits per heavy atom. The number of piperidine rings is 1. The molecular weight excluding hydrogens is 684 g/mol. The van der Waals surface area contributed by atoms with Crippen molar-refractivity contribution in [2.75, 3.05) is 54.4 Å². The number of rotatable bonds is 12. The van der Waals surface area contributed by atoms with Gasteiger partial charge in [0, 0.05) is 75.2 Å². The molecule has 15 heteroatoms. The Balaban J connectivity index is 0.823. The summed E-state index contributed by atoms with van der Waals surface area (Å²) in [5.74, 6) is -1.09. The van der Waals surface area contributed by atoms with Crippen LogP contribution in [0.5, 0.6) is 0 Å². The molecule has 3 N–H and O–H groups in total. The summed E-state index contributed by atoms with van der Waals surface area (Å²) >= 11 is 0. The summed E-state index contributed by atoms with van der Waals surface area (Å²) in [4.78, 5) is 60.3. The maximum absolute atomic E-state index is 14.6. The smallest absolute Gasteiger partial charge is 0.256 e. The SMILES string of the molecule is O=C1CCC(Nc2ccc(N3CCN(C(=O)CCCCCNC(=O)c4cnn5ccc(N6CCCC6c6cc(F)ccc6F)nc45)CC3)cc2)C(=O)N1. The first-order chi connectivity index (χ1) is 25.7. The quantitative estimate of drug-likeness (QED) is 0.145. The number of hydrogen-bond acceptors (Lipinski definition) is 9. The highest BCUT2D eigenvalue weighted by Gasteiger charge is 2.31. The fraction of sp³-hybridized carbons (Fsp3) is 0.421. The number of halogens is 2. The van der Waals surface area contributed by atoms with Gasteiger partial charge in [-0.2, -0.15) is 5.10 Å². The van der Waals surface area contributed by atoms with Gasteiger partial charge in [0.05, 0.1) is 12.2 Å². The second-order valence-corrected chi connectivity index (χ2v) is 13.8. The van der Waals surface area contributed by atoms with Gasteiger partial charge in [0.15, 0.2) is 5.65 Å². The van der Waals surface area contributed by atoms with E-state index >= 15 is 0 Å². The fourth-order valence-electron chi connectivity index (χ4n) is 7.36. The highest BCUT2D eigenvalue weighted by atomic mass is 19.1. The van der Waals surface area contributed by atoms with Crippen LogP contribution >= 0.6 is 0 Å². The van der Waals surface area contributed by atoms with E-state index in [0.29, 0.717) is 80.9 Å². The second-order valence-electron chi connectivity index (χ2n) is 13.8. The topological polar surface area (TPSA) is 144 Å². The van der Waals surface area contributed by atoms with E-state index in [-0.39, 0.29) is 29.7 Å². The molecule has 53 heavy (non-hydrogen) atoms. The molecule has 0 bridgehead atoms. The van der Waals surface area contributed by atoms with E-state index in [9.17, 15) is 28.0 Å². The summed E-state index contributed by atoms with van der Waals surface area (Å²) in [6, 6.07) is 12.3. The number of carbonyl (C=O) groups excluding carboxylic acids is 4. The number of nitrogens with one attached hydrogen (secondary N) is 3. The van der Waals surface area contributed by atoms with E-state index in [1.165, 1.54) is 16.8 Å². The number of fused-ring (bicyclic) bond motifs is 1. The van der Waals surface area contributed by atoms with Crippen LogP contribution in [0.1, 0.15) is 73.3 Å². The second kappa shape index (κ2) is 16.0. The number of piperazine rings is 1. The summed E-state index contributed by atoms with van der Waals surface area (Å²) in [7, 11) is 0. The van der Waals surface area contributed by atoms with Crippen LogP contribution in [0.3, 0.4) is 0 Å². The van der Waals surface area contributed by atoms with Crippen molar-refractivity contribution in [2.24, 2.45) is 0 Å². The molecule has 5 heterocycles. The van der Waals surface area contributed by atoms with Crippen molar-refractivity contribution in [3.63, 3.8) is 0 Å². The molecule has 4 amide bonds. The molecule has 278 valence electrons. The van der Waals surface area contributed by atoms with E-state index in [1.807, 2.05) is 34.1 Å². The fourth-order valence-corrected chi connectivity index (χ4v) is 7.36. The molecule has 2 unspecified atom stereocenters. The summed E-state index contributed by atoms with van der Waals surface area (Å²) in [6.45, 7) is 3.80. The van der Waals surface area contributed by atoms with Crippen molar-refractivity contribution in [2.45, 2.75) is 63.5 Å². The Kier molecular flexibility index (Phi) is 10.8. The molecule has 13 nitrogen and oxygen atoms in total. The lowest BCUT2D eigenvalue weighted by molar-refractivity contribution is -0.134. The Morgan fingerprint density at radius 3 is 2.53 bits per heavy atom. The molecule has 3 aliphatic rings. The Hall–Kier alpha value is -5.60. The minimum Gasteiger partial charge on any atom is -0.374 e. The van der Waals surface area contributed by atoms with Gasteiger partial charge in [-0.3, -0.25) is 24.5 Å². The van der Waals surface area contributed by atoms with Gasteiger partial charge >= 0.3 is 0 Å². The predicted molar refractivity (Wildman–Crippen MR) is 194 cm³/mol. The number of benzene rings is 2. The molecule has 3 saturated heterocycles. The molecule has 3 aliphatic heterocycles. The zero-order valence-electron chi connectivity index (χ0n) is 29.4.